The van der Waals surface area contributed by atoms with Gasteiger partial charge in [-0.25, -0.2) is 4.79 Å². The summed E-state index contributed by atoms with van der Waals surface area (Å²) in [6, 6.07) is 15.5. The quantitative estimate of drug-likeness (QED) is 0.283. The van der Waals surface area contributed by atoms with E-state index in [1.165, 1.54) is 0 Å². The highest BCUT2D eigenvalue weighted by Gasteiger charge is 2.25. The molecule has 2 aromatic carbocycles. The average Bonchev–Trinajstić information content (AvgIpc) is 2.85. The summed E-state index contributed by atoms with van der Waals surface area (Å²) < 4.78 is 5.22. The van der Waals surface area contributed by atoms with Crippen molar-refractivity contribution in [3.63, 3.8) is 0 Å². The van der Waals surface area contributed by atoms with Gasteiger partial charge in [-0.2, -0.15) is 0 Å². The van der Waals surface area contributed by atoms with E-state index in [4.69, 9.17) is 4.74 Å². The Morgan fingerprint density at radius 1 is 0.853 bits per heavy atom. The summed E-state index contributed by atoms with van der Waals surface area (Å²) in [7, 11) is 0. The van der Waals surface area contributed by atoms with Gasteiger partial charge in [0.2, 0.25) is 11.8 Å². The SMILES string of the molecule is CCCCOC(=O)c1ccc(NC(=O)C(Cc2ccccc2)NC(=O)C(CC)CCCC)cc1. The van der Waals surface area contributed by atoms with E-state index in [9.17, 15) is 14.4 Å². The van der Waals surface area contributed by atoms with Crippen molar-refractivity contribution in [3.05, 3.63) is 65.7 Å². The summed E-state index contributed by atoms with van der Waals surface area (Å²) in [5, 5.41) is 5.86. The third-order valence-electron chi connectivity index (χ3n) is 5.80. The predicted octanol–water partition coefficient (Wildman–Crippen LogP) is 5.53. The number of anilines is 1. The molecule has 0 aromatic heterocycles. The number of unbranched alkanes of at least 4 members (excludes halogenated alkanes) is 2. The molecule has 6 heteroatoms. The van der Waals surface area contributed by atoms with Gasteiger partial charge >= 0.3 is 5.97 Å². The monoisotopic (exact) mass is 466 g/mol. The number of ether oxygens (including phenoxy) is 1. The molecule has 0 bridgehead atoms. The zero-order valence-corrected chi connectivity index (χ0v) is 20.6. The Labute approximate surface area is 203 Å². The van der Waals surface area contributed by atoms with E-state index >= 15 is 0 Å². The first kappa shape index (κ1) is 27.1. The molecule has 2 N–H and O–H groups in total. The van der Waals surface area contributed by atoms with Gasteiger partial charge in [0, 0.05) is 18.0 Å². The molecule has 2 atom stereocenters. The number of benzene rings is 2. The van der Waals surface area contributed by atoms with Crippen LogP contribution in [0.3, 0.4) is 0 Å². The molecule has 2 unspecified atom stereocenters. The predicted molar refractivity (Wildman–Crippen MR) is 136 cm³/mol. The van der Waals surface area contributed by atoms with Crippen molar-refractivity contribution >= 4 is 23.5 Å². The second-order valence-corrected chi connectivity index (χ2v) is 8.55. The summed E-state index contributed by atoms with van der Waals surface area (Å²) in [4.78, 5) is 38.2. The van der Waals surface area contributed by atoms with Crippen LogP contribution in [0.1, 0.15) is 75.2 Å². The van der Waals surface area contributed by atoms with Crippen molar-refractivity contribution < 1.29 is 19.1 Å². The van der Waals surface area contributed by atoms with E-state index in [1.54, 1.807) is 24.3 Å². The molecule has 2 aromatic rings. The van der Waals surface area contributed by atoms with E-state index in [0.717, 1.165) is 44.1 Å². The number of rotatable bonds is 14. The Hall–Kier alpha value is -3.15. The van der Waals surface area contributed by atoms with Gasteiger partial charge < -0.3 is 15.4 Å². The Kier molecular flexibility index (Phi) is 11.9. The molecule has 0 aliphatic rings. The second-order valence-electron chi connectivity index (χ2n) is 8.55. The Morgan fingerprint density at radius 3 is 2.15 bits per heavy atom. The minimum atomic E-state index is -0.704. The number of amides is 2. The fourth-order valence-corrected chi connectivity index (χ4v) is 3.63. The van der Waals surface area contributed by atoms with Crippen LogP contribution in [0, 0.1) is 5.92 Å². The van der Waals surface area contributed by atoms with Gasteiger partial charge in [-0.15, -0.1) is 0 Å². The molecule has 34 heavy (non-hydrogen) atoms. The van der Waals surface area contributed by atoms with Crippen LogP contribution in [0.5, 0.6) is 0 Å². The number of nitrogens with one attached hydrogen (secondary N) is 2. The Morgan fingerprint density at radius 2 is 1.53 bits per heavy atom. The van der Waals surface area contributed by atoms with Crippen LogP contribution in [-0.4, -0.2) is 30.4 Å². The fourth-order valence-electron chi connectivity index (χ4n) is 3.63. The van der Waals surface area contributed by atoms with Gasteiger partial charge in [0.1, 0.15) is 6.04 Å². The van der Waals surface area contributed by atoms with Crippen LogP contribution < -0.4 is 10.6 Å². The van der Waals surface area contributed by atoms with E-state index < -0.39 is 6.04 Å². The van der Waals surface area contributed by atoms with Crippen LogP contribution >= 0.6 is 0 Å². The molecule has 2 rings (SSSR count). The minimum absolute atomic E-state index is 0.0859. The fraction of sp³-hybridized carbons (Fsp3) is 0.464. The van der Waals surface area contributed by atoms with Crippen LogP contribution in [0.4, 0.5) is 5.69 Å². The maximum absolute atomic E-state index is 13.2. The summed E-state index contributed by atoms with van der Waals surface area (Å²) in [6.07, 6.45) is 5.73. The van der Waals surface area contributed by atoms with Crippen LogP contribution in [0.15, 0.2) is 54.6 Å². The smallest absolute Gasteiger partial charge is 0.338 e. The molecule has 0 aliphatic heterocycles. The van der Waals surface area contributed by atoms with Gasteiger partial charge in [-0.1, -0.05) is 70.4 Å². The lowest BCUT2D eigenvalue weighted by molar-refractivity contribution is -0.129. The number of carbonyl (C=O) groups is 3. The lowest BCUT2D eigenvalue weighted by atomic mass is 9.97. The van der Waals surface area contributed by atoms with Crippen LogP contribution in [-0.2, 0) is 20.7 Å². The first-order valence-electron chi connectivity index (χ1n) is 12.4. The van der Waals surface area contributed by atoms with Crippen LogP contribution in [0.2, 0.25) is 0 Å². The van der Waals surface area contributed by atoms with Gasteiger partial charge in [-0.3, -0.25) is 9.59 Å². The van der Waals surface area contributed by atoms with Crippen molar-refractivity contribution in [2.75, 3.05) is 11.9 Å². The van der Waals surface area contributed by atoms with Crippen molar-refractivity contribution in [1.82, 2.24) is 5.32 Å². The molecule has 184 valence electrons. The van der Waals surface area contributed by atoms with Gasteiger partial charge in [0.05, 0.1) is 12.2 Å². The molecule has 0 saturated heterocycles. The van der Waals surface area contributed by atoms with Gasteiger partial charge in [-0.05, 0) is 49.1 Å². The average molecular weight is 467 g/mol. The van der Waals surface area contributed by atoms with Crippen LogP contribution in [0.25, 0.3) is 0 Å². The van der Waals surface area contributed by atoms with E-state index in [0.29, 0.717) is 24.3 Å². The largest absolute Gasteiger partial charge is 0.462 e. The van der Waals surface area contributed by atoms with Crippen molar-refractivity contribution in [3.8, 4) is 0 Å². The molecule has 0 saturated carbocycles. The Bertz CT molecular complexity index is 896. The molecule has 0 fully saturated rings. The molecule has 0 aliphatic carbocycles. The molecular weight excluding hydrogens is 428 g/mol. The van der Waals surface area contributed by atoms with Gasteiger partial charge in [0.25, 0.3) is 0 Å². The van der Waals surface area contributed by atoms with Crippen molar-refractivity contribution in [2.24, 2.45) is 5.92 Å². The summed E-state index contributed by atoms with van der Waals surface area (Å²) >= 11 is 0. The third kappa shape index (κ3) is 9.00. The summed E-state index contributed by atoms with van der Waals surface area (Å²) in [5.41, 5.74) is 1.96. The zero-order chi connectivity index (χ0) is 24.8. The number of esters is 1. The van der Waals surface area contributed by atoms with Crippen molar-refractivity contribution in [1.29, 1.82) is 0 Å². The first-order chi connectivity index (χ1) is 16.5. The Balaban J connectivity index is 2.08. The molecule has 0 heterocycles. The summed E-state index contributed by atoms with van der Waals surface area (Å²) in [5.74, 6) is -0.861. The van der Waals surface area contributed by atoms with E-state index in [-0.39, 0.29) is 23.7 Å². The highest BCUT2D eigenvalue weighted by molar-refractivity contribution is 5.98. The third-order valence-corrected chi connectivity index (χ3v) is 5.80. The molecule has 2 amide bonds. The molecule has 6 nitrogen and oxygen atoms in total. The topological polar surface area (TPSA) is 84.5 Å². The summed E-state index contributed by atoms with van der Waals surface area (Å²) in [6.45, 7) is 6.53. The molecular formula is C28H38N2O4. The van der Waals surface area contributed by atoms with E-state index in [2.05, 4.69) is 17.6 Å². The highest BCUT2D eigenvalue weighted by Crippen LogP contribution is 2.16. The zero-order valence-electron chi connectivity index (χ0n) is 20.6. The first-order valence-corrected chi connectivity index (χ1v) is 12.4. The maximum atomic E-state index is 13.2. The number of hydrogen-bond acceptors (Lipinski definition) is 4. The minimum Gasteiger partial charge on any atom is -0.462 e. The number of hydrogen-bond donors (Lipinski definition) is 2. The van der Waals surface area contributed by atoms with Crippen molar-refractivity contribution in [2.45, 2.75) is 71.8 Å². The lowest BCUT2D eigenvalue weighted by Gasteiger charge is -2.22. The molecule has 0 radical (unpaired) electrons. The van der Waals surface area contributed by atoms with Gasteiger partial charge in [0.15, 0.2) is 0 Å². The van der Waals surface area contributed by atoms with E-state index in [1.807, 2.05) is 44.2 Å². The number of carbonyl (C=O) groups excluding carboxylic acids is 3. The second kappa shape index (κ2) is 14.9. The normalized spacial score (nSPS) is 12.4. The highest BCUT2D eigenvalue weighted by atomic mass is 16.5. The maximum Gasteiger partial charge on any atom is 0.338 e. The standard InChI is InChI=1S/C28H38N2O4/c1-4-7-14-22(6-3)26(31)30-25(20-21-12-10-9-11-13-21)27(32)29-24-17-15-23(16-18-24)28(33)34-19-8-5-2/h9-13,15-18,22,25H,4-8,14,19-20H2,1-3H3,(H,29,32)(H,30,31). The lowest BCUT2D eigenvalue weighted by Crippen LogP contribution is -2.47. The molecule has 0 spiro atoms.